The second kappa shape index (κ2) is 6.50. The van der Waals surface area contributed by atoms with E-state index >= 15 is 0 Å². The van der Waals surface area contributed by atoms with E-state index in [1.807, 2.05) is 43.9 Å². The Morgan fingerprint density at radius 1 is 1.12 bits per heavy atom. The van der Waals surface area contributed by atoms with Crippen molar-refractivity contribution in [2.24, 2.45) is 11.3 Å². The maximum Gasteiger partial charge on any atom is 0.244 e. The van der Waals surface area contributed by atoms with Crippen molar-refractivity contribution in [3.05, 3.63) is 24.3 Å². The summed E-state index contributed by atoms with van der Waals surface area (Å²) in [5, 5.41) is 2.80. The standard InChI is InChI=1S/C19H25N3O3/c1-19(2,3)18(25)21-10-8-13(9-11-21)17(24)22-12-16(23)20-14-6-4-5-7-15(14)22/h4-7,13H,8-12H2,1-3H3,(H,20,23). The fourth-order valence-corrected chi connectivity index (χ4v) is 3.45. The van der Waals surface area contributed by atoms with Gasteiger partial charge in [0.15, 0.2) is 0 Å². The summed E-state index contributed by atoms with van der Waals surface area (Å²) in [5.41, 5.74) is 1.02. The van der Waals surface area contributed by atoms with Gasteiger partial charge in [-0.15, -0.1) is 0 Å². The second-order valence-electron chi connectivity index (χ2n) is 7.81. The summed E-state index contributed by atoms with van der Waals surface area (Å²) >= 11 is 0. The molecule has 0 aromatic heterocycles. The topological polar surface area (TPSA) is 69.7 Å². The van der Waals surface area contributed by atoms with Gasteiger partial charge in [0.05, 0.1) is 11.4 Å². The number of piperidine rings is 1. The van der Waals surface area contributed by atoms with Crippen LogP contribution in [0.25, 0.3) is 0 Å². The van der Waals surface area contributed by atoms with Crippen LogP contribution in [-0.2, 0) is 14.4 Å². The van der Waals surface area contributed by atoms with Crippen molar-refractivity contribution >= 4 is 29.1 Å². The van der Waals surface area contributed by atoms with Crippen molar-refractivity contribution in [3.8, 4) is 0 Å². The second-order valence-corrected chi connectivity index (χ2v) is 7.81. The maximum absolute atomic E-state index is 13.0. The van der Waals surface area contributed by atoms with E-state index in [1.165, 1.54) is 0 Å². The molecule has 1 aromatic carbocycles. The molecule has 1 N–H and O–H groups in total. The van der Waals surface area contributed by atoms with Gasteiger partial charge in [0.25, 0.3) is 0 Å². The third kappa shape index (κ3) is 3.52. The van der Waals surface area contributed by atoms with E-state index < -0.39 is 5.41 Å². The molecule has 1 aromatic rings. The summed E-state index contributed by atoms with van der Waals surface area (Å²) in [6, 6.07) is 7.35. The summed E-state index contributed by atoms with van der Waals surface area (Å²) < 4.78 is 0. The Hall–Kier alpha value is -2.37. The van der Waals surface area contributed by atoms with Crippen LogP contribution >= 0.6 is 0 Å². The molecule has 2 aliphatic heterocycles. The maximum atomic E-state index is 13.0. The van der Waals surface area contributed by atoms with Gasteiger partial charge < -0.3 is 15.1 Å². The molecule has 0 radical (unpaired) electrons. The van der Waals surface area contributed by atoms with E-state index in [1.54, 1.807) is 11.0 Å². The normalized spacial score (nSPS) is 18.6. The molecule has 0 unspecified atom stereocenters. The van der Waals surface area contributed by atoms with Crippen molar-refractivity contribution in [3.63, 3.8) is 0 Å². The quantitative estimate of drug-likeness (QED) is 0.850. The summed E-state index contributed by atoms with van der Waals surface area (Å²) in [6.45, 7) is 6.97. The van der Waals surface area contributed by atoms with Crippen molar-refractivity contribution in [1.29, 1.82) is 0 Å². The zero-order valence-corrected chi connectivity index (χ0v) is 15.0. The van der Waals surface area contributed by atoms with E-state index in [0.29, 0.717) is 31.6 Å². The molecule has 2 heterocycles. The lowest BCUT2D eigenvalue weighted by Crippen LogP contribution is -2.49. The Morgan fingerprint density at radius 3 is 2.40 bits per heavy atom. The Labute approximate surface area is 148 Å². The highest BCUT2D eigenvalue weighted by Crippen LogP contribution is 2.32. The Balaban J connectivity index is 1.69. The van der Waals surface area contributed by atoms with E-state index in [2.05, 4.69) is 5.32 Å². The van der Waals surface area contributed by atoms with E-state index in [0.717, 1.165) is 5.69 Å². The molecule has 6 heteroatoms. The minimum absolute atomic E-state index is 0.0230. The molecule has 0 spiro atoms. The molecule has 3 amide bonds. The molecule has 0 atom stereocenters. The van der Waals surface area contributed by atoms with E-state index in [4.69, 9.17) is 0 Å². The van der Waals surface area contributed by atoms with Gasteiger partial charge in [0.2, 0.25) is 17.7 Å². The smallest absolute Gasteiger partial charge is 0.244 e. The minimum Gasteiger partial charge on any atom is -0.342 e. The van der Waals surface area contributed by atoms with E-state index in [-0.39, 0.29) is 30.2 Å². The van der Waals surface area contributed by atoms with Gasteiger partial charge in [-0.1, -0.05) is 32.9 Å². The molecule has 1 saturated heterocycles. The molecule has 0 saturated carbocycles. The predicted octanol–water partition coefficient (Wildman–Crippen LogP) is 2.26. The highest BCUT2D eigenvalue weighted by Gasteiger charge is 2.36. The van der Waals surface area contributed by atoms with Gasteiger partial charge in [0, 0.05) is 24.4 Å². The molecule has 1 fully saturated rings. The number of carbonyl (C=O) groups is 3. The van der Waals surface area contributed by atoms with Gasteiger partial charge in [0.1, 0.15) is 6.54 Å². The number of hydrogen-bond acceptors (Lipinski definition) is 3. The van der Waals surface area contributed by atoms with Crippen molar-refractivity contribution in [1.82, 2.24) is 4.90 Å². The van der Waals surface area contributed by atoms with Gasteiger partial charge in [-0.3, -0.25) is 14.4 Å². The van der Waals surface area contributed by atoms with Crippen molar-refractivity contribution < 1.29 is 14.4 Å². The molecule has 3 rings (SSSR count). The predicted molar refractivity (Wildman–Crippen MR) is 96.2 cm³/mol. The summed E-state index contributed by atoms with van der Waals surface area (Å²) in [7, 11) is 0. The first-order valence-electron chi connectivity index (χ1n) is 8.77. The van der Waals surface area contributed by atoms with Crippen LogP contribution in [0.4, 0.5) is 11.4 Å². The Bertz CT molecular complexity index is 700. The van der Waals surface area contributed by atoms with Crippen LogP contribution in [0, 0.1) is 11.3 Å². The van der Waals surface area contributed by atoms with E-state index in [9.17, 15) is 14.4 Å². The number of amides is 3. The lowest BCUT2D eigenvalue weighted by molar-refractivity contribution is -0.142. The molecule has 25 heavy (non-hydrogen) atoms. The molecular weight excluding hydrogens is 318 g/mol. The van der Waals surface area contributed by atoms with Crippen LogP contribution in [0.1, 0.15) is 33.6 Å². The lowest BCUT2D eigenvalue weighted by atomic mass is 9.90. The Kier molecular flexibility index (Phi) is 4.54. The van der Waals surface area contributed by atoms with Crippen LogP contribution < -0.4 is 10.2 Å². The average molecular weight is 343 g/mol. The zero-order chi connectivity index (χ0) is 18.2. The molecule has 0 aliphatic carbocycles. The third-order valence-electron chi connectivity index (χ3n) is 4.81. The molecular formula is C19H25N3O3. The number of para-hydroxylation sites is 2. The SMILES string of the molecule is CC(C)(C)C(=O)N1CCC(C(=O)N2CC(=O)Nc3ccccc32)CC1. The monoisotopic (exact) mass is 343 g/mol. The Morgan fingerprint density at radius 2 is 1.76 bits per heavy atom. The van der Waals surface area contributed by atoms with Crippen LogP contribution in [0.3, 0.4) is 0 Å². The van der Waals surface area contributed by atoms with Gasteiger partial charge >= 0.3 is 0 Å². The van der Waals surface area contributed by atoms with Gasteiger partial charge in [-0.25, -0.2) is 0 Å². The van der Waals surface area contributed by atoms with Crippen LogP contribution in [0.5, 0.6) is 0 Å². The first-order valence-corrected chi connectivity index (χ1v) is 8.77. The number of rotatable bonds is 1. The molecule has 134 valence electrons. The molecule has 0 bridgehead atoms. The average Bonchev–Trinajstić information content (AvgIpc) is 2.59. The number of fused-ring (bicyclic) bond motifs is 1. The number of hydrogen-bond donors (Lipinski definition) is 1. The third-order valence-corrected chi connectivity index (χ3v) is 4.81. The molecule has 6 nitrogen and oxygen atoms in total. The summed E-state index contributed by atoms with van der Waals surface area (Å²) in [4.78, 5) is 40.7. The summed E-state index contributed by atoms with van der Waals surface area (Å²) in [6.07, 6.45) is 1.28. The number of nitrogens with zero attached hydrogens (tertiary/aromatic N) is 2. The number of benzene rings is 1. The first kappa shape index (κ1) is 17.5. The highest BCUT2D eigenvalue weighted by molar-refractivity contribution is 6.10. The van der Waals surface area contributed by atoms with Crippen LogP contribution in [-0.4, -0.2) is 42.3 Å². The fraction of sp³-hybridized carbons (Fsp3) is 0.526. The van der Waals surface area contributed by atoms with Crippen molar-refractivity contribution in [2.75, 3.05) is 29.9 Å². The highest BCUT2D eigenvalue weighted by atomic mass is 16.2. The largest absolute Gasteiger partial charge is 0.342 e. The fourth-order valence-electron chi connectivity index (χ4n) is 3.45. The number of nitrogens with one attached hydrogen (secondary N) is 1. The van der Waals surface area contributed by atoms with Gasteiger partial charge in [-0.05, 0) is 25.0 Å². The summed E-state index contributed by atoms with van der Waals surface area (Å²) in [5.74, 6) is -0.221. The first-order chi connectivity index (χ1) is 11.8. The number of likely N-dealkylation sites (tertiary alicyclic amines) is 1. The molecule has 2 aliphatic rings. The minimum atomic E-state index is -0.402. The van der Waals surface area contributed by atoms with Crippen LogP contribution in [0.2, 0.25) is 0 Å². The number of anilines is 2. The van der Waals surface area contributed by atoms with Crippen LogP contribution in [0.15, 0.2) is 24.3 Å². The zero-order valence-electron chi connectivity index (χ0n) is 15.0. The van der Waals surface area contributed by atoms with Crippen molar-refractivity contribution in [2.45, 2.75) is 33.6 Å². The van der Waals surface area contributed by atoms with Gasteiger partial charge in [-0.2, -0.15) is 0 Å². The lowest BCUT2D eigenvalue weighted by Gasteiger charge is -2.37. The number of carbonyl (C=O) groups excluding carboxylic acids is 3.